The van der Waals surface area contributed by atoms with E-state index < -0.39 is 0 Å². The van der Waals surface area contributed by atoms with E-state index >= 15 is 0 Å². The van der Waals surface area contributed by atoms with E-state index in [1.807, 2.05) is 0 Å². The molecule has 5 nitrogen and oxygen atoms in total. The van der Waals surface area contributed by atoms with Gasteiger partial charge in [0, 0.05) is 25.0 Å². The molecule has 0 aromatic heterocycles. The maximum atomic E-state index is 13.2. The molecule has 27 heavy (non-hydrogen) atoms. The summed E-state index contributed by atoms with van der Waals surface area (Å²) in [5.74, 6) is 2.52. The first-order chi connectivity index (χ1) is 13.1. The molecule has 0 spiro atoms. The summed E-state index contributed by atoms with van der Waals surface area (Å²) in [7, 11) is 1.65. The predicted molar refractivity (Wildman–Crippen MR) is 104 cm³/mol. The van der Waals surface area contributed by atoms with Crippen molar-refractivity contribution in [3.05, 3.63) is 0 Å². The van der Waals surface area contributed by atoms with Crippen LogP contribution in [0.3, 0.4) is 0 Å². The quantitative estimate of drug-likeness (QED) is 0.671. The number of hydrogen-bond donors (Lipinski definition) is 2. The molecule has 5 rings (SSSR count). The first kappa shape index (κ1) is 19.2. The van der Waals surface area contributed by atoms with Crippen molar-refractivity contribution in [2.75, 3.05) is 20.3 Å². The molecule has 0 unspecified atom stereocenters. The highest BCUT2D eigenvalue weighted by Crippen LogP contribution is 2.61. The van der Waals surface area contributed by atoms with Gasteiger partial charge in [-0.15, -0.1) is 0 Å². The van der Waals surface area contributed by atoms with Crippen molar-refractivity contribution < 1.29 is 14.3 Å². The molecule has 0 heterocycles. The number of ether oxygens (including phenoxy) is 1. The highest BCUT2D eigenvalue weighted by molar-refractivity contribution is 5.89. The number of rotatable bonds is 7. The topological polar surface area (TPSA) is 67.4 Å². The number of carbonyl (C=O) groups is 2. The number of hydrogen-bond acceptors (Lipinski definition) is 3. The van der Waals surface area contributed by atoms with Gasteiger partial charge in [-0.2, -0.15) is 0 Å². The van der Waals surface area contributed by atoms with Crippen LogP contribution >= 0.6 is 0 Å². The summed E-state index contributed by atoms with van der Waals surface area (Å²) in [5.41, 5.74) is -0.0176. The summed E-state index contributed by atoms with van der Waals surface area (Å²) >= 11 is 0. The summed E-state index contributed by atoms with van der Waals surface area (Å²) in [6.45, 7) is 1.02. The summed E-state index contributed by atoms with van der Waals surface area (Å²) in [6.07, 6.45) is 12.8. The fourth-order valence-corrected chi connectivity index (χ4v) is 7.03. The van der Waals surface area contributed by atoms with Crippen molar-refractivity contribution in [3.8, 4) is 0 Å². The van der Waals surface area contributed by atoms with Crippen LogP contribution in [0, 0.1) is 29.1 Å². The van der Waals surface area contributed by atoms with Crippen LogP contribution in [0.15, 0.2) is 0 Å². The lowest BCUT2D eigenvalue weighted by Crippen LogP contribution is -2.62. The summed E-state index contributed by atoms with van der Waals surface area (Å²) < 4.78 is 5.10. The van der Waals surface area contributed by atoms with Crippen LogP contribution in [0.4, 0.5) is 0 Å². The van der Waals surface area contributed by atoms with Gasteiger partial charge in [-0.3, -0.25) is 9.59 Å². The summed E-state index contributed by atoms with van der Waals surface area (Å²) in [4.78, 5) is 26.2. The highest BCUT2D eigenvalue weighted by atomic mass is 16.5. The van der Waals surface area contributed by atoms with Crippen LogP contribution in [-0.2, 0) is 14.3 Å². The van der Waals surface area contributed by atoms with E-state index in [2.05, 4.69) is 10.6 Å². The standard InChI is InChI=1S/C22H36N2O3/c1-27-8-7-23-21(26)19(24-20(25)18-5-3-2-4-6-18)22-12-15-9-16(13-22)11-17(10-15)14-22/h15-19H,2-14H2,1H3,(H,23,26)(H,24,25)/t15?,16?,17?,19-,22?/m1/s1. The van der Waals surface area contributed by atoms with E-state index in [4.69, 9.17) is 4.74 Å². The molecule has 2 amide bonds. The van der Waals surface area contributed by atoms with Crippen LogP contribution in [-0.4, -0.2) is 38.1 Å². The molecular formula is C22H36N2O3. The van der Waals surface area contributed by atoms with Crippen molar-refractivity contribution >= 4 is 11.8 Å². The molecule has 0 aliphatic heterocycles. The largest absolute Gasteiger partial charge is 0.383 e. The molecule has 5 heteroatoms. The molecule has 5 saturated carbocycles. The molecule has 4 bridgehead atoms. The highest BCUT2D eigenvalue weighted by Gasteiger charge is 2.56. The first-order valence-electron chi connectivity index (χ1n) is 11.2. The van der Waals surface area contributed by atoms with E-state index in [9.17, 15) is 9.59 Å². The molecular weight excluding hydrogens is 340 g/mol. The van der Waals surface area contributed by atoms with Crippen LogP contribution in [0.25, 0.3) is 0 Å². The molecule has 0 radical (unpaired) electrons. The van der Waals surface area contributed by atoms with E-state index in [1.54, 1.807) is 7.11 Å². The second-order valence-electron chi connectivity index (χ2n) is 9.84. The fraction of sp³-hybridized carbons (Fsp3) is 0.909. The van der Waals surface area contributed by atoms with Gasteiger partial charge in [0.1, 0.15) is 6.04 Å². The van der Waals surface area contributed by atoms with E-state index in [0.717, 1.165) is 62.7 Å². The Kier molecular flexibility index (Phi) is 5.77. The van der Waals surface area contributed by atoms with Gasteiger partial charge in [0.05, 0.1) is 6.61 Å². The average molecular weight is 377 g/mol. The SMILES string of the molecule is COCCNC(=O)[C@@H](NC(=O)C1CCCCC1)C12CC3CC(CC(C3)C1)C2. The number of carbonyl (C=O) groups excluding carboxylic acids is 2. The van der Waals surface area contributed by atoms with E-state index in [0.29, 0.717) is 13.2 Å². The van der Waals surface area contributed by atoms with Gasteiger partial charge < -0.3 is 15.4 Å². The lowest BCUT2D eigenvalue weighted by molar-refractivity contribution is -0.143. The van der Waals surface area contributed by atoms with Gasteiger partial charge in [-0.05, 0) is 69.1 Å². The predicted octanol–water partition coefficient (Wildman–Crippen LogP) is 3.03. The summed E-state index contributed by atoms with van der Waals surface area (Å²) in [5, 5.41) is 6.32. The Morgan fingerprint density at radius 3 is 2.15 bits per heavy atom. The zero-order valence-electron chi connectivity index (χ0n) is 16.8. The van der Waals surface area contributed by atoms with Crippen LogP contribution in [0.5, 0.6) is 0 Å². The minimum Gasteiger partial charge on any atom is -0.383 e. The maximum Gasteiger partial charge on any atom is 0.243 e. The molecule has 5 aliphatic rings. The molecule has 2 N–H and O–H groups in total. The lowest BCUT2D eigenvalue weighted by Gasteiger charge is -2.59. The van der Waals surface area contributed by atoms with Crippen LogP contribution in [0.2, 0.25) is 0 Å². The summed E-state index contributed by atoms with van der Waals surface area (Å²) in [6, 6.07) is -0.364. The Bertz CT molecular complexity index is 520. The van der Waals surface area contributed by atoms with Gasteiger partial charge in [0.2, 0.25) is 11.8 Å². The Labute approximate surface area is 163 Å². The Morgan fingerprint density at radius 1 is 1.00 bits per heavy atom. The zero-order chi connectivity index (χ0) is 18.9. The van der Waals surface area contributed by atoms with Crippen molar-refractivity contribution in [3.63, 3.8) is 0 Å². The smallest absolute Gasteiger partial charge is 0.243 e. The third kappa shape index (κ3) is 4.03. The number of amides is 2. The van der Waals surface area contributed by atoms with Gasteiger partial charge in [0.25, 0.3) is 0 Å². The molecule has 0 aromatic rings. The maximum absolute atomic E-state index is 13.2. The van der Waals surface area contributed by atoms with Crippen molar-refractivity contribution in [1.29, 1.82) is 0 Å². The van der Waals surface area contributed by atoms with E-state index in [-0.39, 0.29) is 29.2 Å². The third-order valence-electron chi connectivity index (χ3n) is 7.83. The number of methoxy groups -OCH3 is 1. The van der Waals surface area contributed by atoms with Crippen LogP contribution in [0.1, 0.15) is 70.6 Å². The molecule has 0 aromatic carbocycles. The second-order valence-corrected chi connectivity index (χ2v) is 9.84. The van der Waals surface area contributed by atoms with Gasteiger partial charge in [-0.25, -0.2) is 0 Å². The van der Waals surface area contributed by atoms with Crippen LogP contribution < -0.4 is 10.6 Å². The molecule has 152 valence electrons. The Hall–Kier alpha value is -1.10. The minimum absolute atomic E-state index is 0.0122. The fourth-order valence-electron chi connectivity index (χ4n) is 7.03. The molecule has 5 aliphatic carbocycles. The third-order valence-corrected chi connectivity index (χ3v) is 7.83. The zero-order valence-corrected chi connectivity index (χ0v) is 16.8. The molecule has 1 atom stereocenters. The van der Waals surface area contributed by atoms with Gasteiger partial charge >= 0.3 is 0 Å². The average Bonchev–Trinajstić information content (AvgIpc) is 2.65. The molecule has 0 saturated heterocycles. The van der Waals surface area contributed by atoms with E-state index in [1.165, 1.54) is 25.7 Å². The second kappa shape index (κ2) is 8.10. The Morgan fingerprint density at radius 2 is 1.59 bits per heavy atom. The molecule has 5 fully saturated rings. The monoisotopic (exact) mass is 376 g/mol. The van der Waals surface area contributed by atoms with Gasteiger partial charge in [0.15, 0.2) is 0 Å². The number of nitrogens with one attached hydrogen (secondary N) is 2. The first-order valence-corrected chi connectivity index (χ1v) is 11.2. The van der Waals surface area contributed by atoms with Gasteiger partial charge in [-0.1, -0.05) is 19.3 Å². The van der Waals surface area contributed by atoms with Crippen molar-refractivity contribution in [2.24, 2.45) is 29.1 Å². The van der Waals surface area contributed by atoms with Crippen molar-refractivity contribution in [2.45, 2.75) is 76.7 Å². The van der Waals surface area contributed by atoms with Crippen molar-refractivity contribution in [1.82, 2.24) is 10.6 Å². The minimum atomic E-state index is -0.364. The Balaban J connectivity index is 1.50. The normalized spacial score (nSPS) is 36.4. The lowest BCUT2D eigenvalue weighted by atomic mass is 9.47.